The zero-order chi connectivity index (χ0) is 16.3. The predicted molar refractivity (Wildman–Crippen MR) is 87.1 cm³/mol. The molecule has 1 aromatic heterocycles. The van der Waals surface area contributed by atoms with Crippen LogP contribution in [0.3, 0.4) is 0 Å². The maximum Gasteiger partial charge on any atom is 0.195 e. The molecule has 2 aromatic rings. The van der Waals surface area contributed by atoms with Crippen LogP contribution in [0.15, 0.2) is 41.6 Å². The Bertz CT molecular complexity index is 793. The zero-order valence-corrected chi connectivity index (χ0v) is 13.9. The maximum absolute atomic E-state index is 12.3. The van der Waals surface area contributed by atoms with Gasteiger partial charge < -0.3 is 9.47 Å². The van der Waals surface area contributed by atoms with Crippen LogP contribution in [0, 0.1) is 0 Å². The van der Waals surface area contributed by atoms with E-state index in [1.54, 1.807) is 24.3 Å². The number of aryl methyl sites for hydroxylation is 1. The summed E-state index contributed by atoms with van der Waals surface area (Å²) in [5, 5.41) is 0.523. The number of benzene rings is 1. The first-order valence-corrected chi connectivity index (χ1v) is 9.31. The predicted octanol–water partition coefficient (Wildman–Crippen LogP) is 2.91. The summed E-state index contributed by atoms with van der Waals surface area (Å²) in [7, 11) is -3.43. The van der Waals surface area contributed by atoms with Crippen LogP contribution in [0.1, 0.15) is 12.0 Å². The molecule has 1 aliphatic heterocycles. The highest BCUT2D eigenvalue weighted by Gasteiger charge is 2.19. The Morgan fingerprint density at radius 3 is 2.78 bits per heavy atom. The molecule has 1 aliphatic rings. The van der Waals surface area contributed by atoms with E-state index in [1.807, 2.05) is 0 Å². The largest absolute Gasteiger partial charge is 0.489 e. The number of nitrogens with zero attached hydrogens (tertiary/aromatic N) is 1. The minimum absolute atomic E-state index is 0.0417. The average Bonchev–Trinajstić information content (AvgIpc) is 2.80. The van der Waals surface area contributed by atoms with Crippen molar-refractivity contribution in [3.63, 3.8) is 0 Å². The topological polar surface area (TPSA) is 65.5 Å². The number of ether oxygens (including phenoxy) is 2. The SMILES string of the molecule is O=S(=O)(CCc1cc(Cl)c2c(c1)OCCCO2)c1ccccn1. The molecule has 0 spiro atoms. The lowest BCUT2D eigenvalue weighted by atomic mass is 10.1. The molecule has 5 nitrogen and oxygen atoms in total. The summed E-state index contributed by atoms with van der Waals surface area (Å²) < 4.78 is 35.7. The Balaban J connectivity index is 1.79. The van der Waals surface area contributed by atoms with Gasteiger partial charge in [-0.1, -0.05) is 17.7 Å². The number of hydrogen-bond acceptors (Lipinski definition) is 5. The molecule has 0 bridgehead atoms. The second-order valence-electron chi connectivity index (χ2n) is 5.19. The maximum atomic E-state index is 12.3. The average molecular weight is 354 g/mol. The van der Waals surface area contributed by atoms with E-state index in [-0.39, 0.29) is 10.8 Å². The number of rotatable bonds is 4. The molecule has 1 aromatic carbocycles. The molecule has 0 radical (unpaired) electrons. The third-order valence-electron chi connectivity index (χ3n) is 3.48. The molecule has 0 N–H and O–H groups in total. The van der Waals surface area contributed by atoms with Gasteiger partial charge in [-0.05, 0) is 36.2 Å². The van der Waals surface area contributed by atoms with Gasteiger partial charge in [-0.15, -0.1) is 0 Å². The number of pyridine rings is 1. The van der Waals surface area contributed by atoms with Gasteiger partial charge in [0.15, 0.2) is 26.4 Å². The number of halogens is 1. The number of sulfone groups is 1. The summed E-state index contributed by atoms with van der Waals surface area (Å²) in [5.41, 5.74) is 0.791. The van der Waals surface area contributed by atoms with Gasteiger partial charge >= 0.3 is 0 Å². The highest BCUT2D eigenvalue weighted by atomic mass is 35.5. The second-order valence-corrected chi connectivity index (χ2v) is 7.66. The van der Waals surface area contributed by atoms with E-state index in [0.717, 1.165) is 12.0 Å². The molecule has 3 rings (SSSR count). The molecular weight excluding hydrogens is 338 g/mol. The Morgan fingerprint density at radius 2 is 2.00 bits per heavy atom. The summed E-state index contributed by atoms with van der Waals surface area (Å²) >= 11 is 6.22. The van der Waals surface area contributed by atoms with Crippen molar-refractivity contribution in [3.8, 4) is 11.5 Å². The number of fused-ring (bicyclic) bond motifs is 1. The minimum atomic E-state index is -3.43. The Kier molecular flexibility index (Phi) is 4.73. The summed E-state index contributed by atoms with van der Waals surface area (Å²) in [4.78, 5) is 3.90. The van der Waals surface area contributed by atoms with Crippen molar-refractivity contribution in [1.82, 2.24) is 4.98 Å². The highest BCUT2D eigenvalue weighted by Crippen LogP contribution is 2.38. The fraction of sp³-hybridized carbons (Fsp3) is 0.312. The molecular formula is C16H16ClNO4S. The van der Waals surface area contributed by atoms with Crippen molar-refractivity contribution in [2.75, 3.05) is 19.0 Å². The molecule has 0 saturated carbocycles. The van der Waals surface area contributed by atoms with Crippen molar-refractivity contribution in [1.29, 1.82) is 0 Å². The van der Waals surface area contributed by atoms with Crippen LogP contribution in [0.5, 0.6) is 11.5 Å². The van der Waals surface area contributed by atoms with Crippen LogP contribution in [-0.2, 0) is 16.3 Å². The van der Waals surface area contributed by atoms with Gasteiger partial charge in [-0.2, -0.15) is 0 Å². The zero-order valence-electron chi connectivity index (χ0n) is 12.4. The van der Waals surface area contributed by atoms with E-state index in [1.165, 1.54) is 12.3 Å². The Hall–Kier alpha value is -1.79. The first kappa shape index (κ1) is 16.1. The fourth-order valence-electron chi connectivity index (χ4n) is 2.32. The van der Waals surface area contributed by atoms with E-state index in [0.29, 0.717) is 36.2 Å². The van der Waals surface area contributed by atoms with Crippen molar-refractivity contribution >= 4 is 21.4 Å². The molecule has 122 valence electrons. The van der Waals surface area contributed by atoms with Gasteiger partial charge in [0.05, 0.1) is 24.0 Å². The molecule has 2 heterocycles. The minimum Gasteiger partial charge on any atom is -0.489 e. The van der Waals surface area contributed by atoms with E-state index in [2.05, 4.69) is 4.98 Å². The van der Waals surface area contributed by atoms with Gasteiger partial charge in [-0.25, -0.2) is 13.4 Å². The molecule has 0 aliphatic carbocycles. The smallest absolute Gasteiger partial charge is 0.195 e. The Morgan fingerprint density at radius 1 is 1.17 bits per heavy atom. The quantitative estimate of drug-likeness (QED) is 0.845. The van der Waals surface area contributed by atoms with Gasteiger partial charge in [0, 0.05) is 12.6 Å². The van der Waals surface area contributed by atoms with Crippen LogP contribution in [0.2, 0.25) is 5.02 Å². The van der Waals surface area contributed by atoms with E-state index in [9.17, 15) is 8.42 Å². The van der Waals surface area contributed by atoms with Gasteiger partial charge in [0.2, 0.25) is 0 Å². The van der Waals surface area contributed by atoms with Crippen molar-refractivity contribution in [2.24, 2.45) is 0 Å². The van der Waals surface area contributed by atoms with Crippen LogP contribution >= 0.6 is 11.6 Å². The lowest BCUT2D eigenvalue weighted by molar-refractivity contribution is 0.297. The third-order valence-corrected chi connectivity index (χ3v) is 5.38. The van der Waals surface area contributed by atoms with Crippen LogP contribution in [0.25, 0.3) is 0 Å². The lowest BCUT2D eigenvalue weighted by Crippen LogP contribution is -2.11. The van der Waals surface area contributed by atoms with E-state index < -0.39 is 9.84 Å². The standard InChI is InChI=1S/C16H16ClNO4S/c17-13-10-12(11-14-16(13)22-8-3-7-21-14)5-9-23(19,20)15-4-1-2-6-18-15/h1-2,4,6,10-11H,3,5,7-9H2. The van der Waals surface area contributed by atoms with Crippen LogP contribution in [0.4, 0.5) is 0 Å². The molecule has 7 heteroatoms. The van der Waals surface area contributed by atoms with Gasteiger partial charge in [-0.3, -0.25) is 0 Å². The first-order valence-electron chi connectivity index (χ1n) is 7.28. The first-order chi connectivity index (χ1) is 11.1. The normalized spacial score (nSPS) is 14.3. The highest BCUT2D eigenvalue weighted by molar-refractivity contribution is 7.91. The van der Waals surface area contributed by atoms with E-state index >= 15 is 0 Å². The number of aromatic nitrogens is 1. The molecule has 23 heavy (non-hydrogen) atoms. The number of hydrogen-bond donors (Lipinski definition) is 0. The summed E-state index contributed by atoms with van der Waals surface area (Å²) in [6, 6.07) is 8.35. The van der Waals surface area contributed by atoms with Crippen LogP contribution in [-0.4, -0.2) is 32.4 Å². The van der Waals surface area contributed by atoms with Gasteiger partial charge in [0.1, 0.15) is 0 Å². The van der Waals surface area contributed by atoms with E-state index in [4.69, 9.17) is 21.1 Å². The molecule has 0 atom stereocenters. The molecule has 0 fully saturated rings. The molecule has 0 amide bonds. The van der Waals surface area contributed by atoms with Crippen molar-refractivity contribution in [3.05, 3.63) is 47.1 Å². The molecule has 0 unspecified atom stereocenters. The van der Waals surface area contributed by atoms with Gasteiger partial charge in [0.25, 0.3) is 0 Å². The summed E-state index contributed by atoms with van der Waals surface area (Å²) in [6.07, 6.45) is 2.58. The molecule has 0 saturated heterocycles. The fourth-order valence-corrected chi connectivity index (χ4v) is 3.83. The summed E-state index contributed by atoms with van der Waals surface area (Å²) in [6.45, 7) is 1.11. The van der Waals surface area contributed by atoms with Crippen molar-refractivity contribution in [2.45, 2.75) is 17.9 Å². The summed E-state index contributed by atoms with van der Waals surface area (Å²) in [5.74, 6) is 1.06. The van der Waals surface area contributed by atoms with Crippen LogP contribution < -0.4 is 9.47 Å². The second kappa shape index (κ2) is 6.76. The third kappa shape index (κ3) is 3.76. The van der Waals surface area contributed by atoms with Crippen molar-refractivity contribution < 1.29 is 17.9 Å². The Labute approximate surface area is 140 Å². The lowest BCUT2D eigenvalue weighted by Gasteiger charge is -2.11. The monoisotopic (exact) mass is 353 g/mol.